The van der Waals surface area contributed by atoms with Crippen molar-refractivity contribution in [2.75, 3.05) is 0 Å². The SMILES string of the molecule is Cn1c(-c2ccc(OCc3ccccc3)cc2)c(C(=O)c2ccc(O)cc2)c2ccc(OCc3ccccc3)cc21. The normalized spacial score (nSPS) is 11.0. The van der Waals surface area contributed by atoms with Crippen molar-refractivity contribution in [1.82, 2.24) is 4.57 Å². The van der Waals surface area contributed by atoms with E-state index in [1.54, 1.807) is 12.1 Å². The number of phenolic OH excluding ortho intramolecular Hbond substituents is 1. The highest BCUT2D eigenvalue weighted by Gasteiger charge is 2.24. The summed E-state index contributed by atoms with van der Waals surface area (Å²) in [6.45, 7) is 0.929. The van der Waals surface area contributed by atoms with E-state index >= 15 is 0 Å². The minimum Gasteiger partial charge on any atom is -0.508 e. The summed E-state index contributed by atoms with van der Waals surface area (Å²) in [5, 5.41) is 10.6. The average Bonchev–Trinajstić information content (AvgIpc) is 3.31. The first-order valence-corrected chi connectivity index (χ1v) is 13.5. The van der Waals surface area contributed by atoms with E-state index in [0.717, 1.165) is 44.8 Å². The lowest BCUT2D eigenvalue weighted by Gasteiger charge is -2.11. The van der Waals surface area contributed by atoms with Gasteiger partial charge in [-0.15, -0.1) is 0 Å². The van der Waals surface area contributed by atoms with Gasteiger partial charge in [0.15, 0.2) is 5.78 Å². The molecule has 5 nitrogen and oxygen atoms in total. The number of nitrogens with zero attached hydrogens (tertiary/aromatic N) is 1. The van der Waals surface area contributed by atoms with Crippen LogP contribution in [-0.2, 0) is 20.3 Å². The molecule has 0 spiro atoms. The minimum atomic E-state index is -0.118. The number of hydrogen-bond acceptors (Lipinski definition) is 4. The standard InChI is InChI=1S/C36H29NO4/c1-37-33-22-31(41-24-26-10-6-3-7-11-26)20-21-32(33)34(36(39)28-12-16-29(38)17-13-28)35(37)27-14-18-30(19-15-27)40-23-25-8-4-2-5-9-25/h2-22,38H,23-24H2,1H3. The van der Waals surface area contributed by atoms with Crippen molar-refractivity contribution < 1.29 is 19.4 Å². The van der Waals surface area contributed by atoms with Gasteiger partial charge in [0.25, 0.3) is 0 Å². The number of ether oxygens (including phenoxy) is 2. The first kappa shape index (κ1) is 26.0. The first-order valence-electron chi connectivity index (χ1n) is 13.5. The Hall–Kier alpha value is -5.29. The van der Waals surface area contributed by atoms with Crippen LogP contribution in [0, 0.1) is 0 Å². The van der Waals surface area contributed by atoms with E-state index in [2.05, 4.69) is 0 Å². The second-order valence-corrected chi connectivity index (χ2v) is 9.91. The van der Waals surface area contributed by atoms with Crippen LogP contribution in [0.1, 0.15) is 27.0 Å². The number of fused-ring (bicyclic) bond motifs is 1. The number of carbonyl (C=O) groups is 1. The van der Waals surface area contributed by atoms with Crippen molar-refractivity contribution in [3.05, 3.63) is 150 Å². The van der Waals surface area contributed by atoms with Crippen LogP contribution in [0.15, 0.2) is 127 Å². The number of aromatic hydroxyl groups is 1. The fourth-order valence-electron chi connectivity index (χ4n) is 5.02. The van der Waals surface area contributed by atoms with Crippen molar-refractivity contribution in [1.29, 1.82) is 0 Å². The molecule has 1 aromatic heterocycles. The Kier molecular flexibility index (Phi) is 7.25. The van der Waals surface area contributed by atoms with Gasteiger partial charge in [0, 0.05) is 24.1 Å². The summed E-state index contributed by atoms with van der Waals surface area (Å²) in [6.07, 6.45) is 0. The van der Waals surface area contributed by atoms with Crippen LogP contribution in [0.2, 0.25) is 0 Å². The molecule has 0 bridgehead atoms. The summed E-state index contributed by atoms with van der Waals surface area (Å²) in [5.74, 6) is 1.47. The van der Waals surface area contributed by atoms with Crippen LogP contribution in [0.5, 0.6) is 17.2 Å². The van der Waals surface area contributed by atoms with Gasteiger partial charge in [-0.1, -0.05) is 60.7 Å². The lowest BCUT2D eigenvalue weighted by Crippen LogP contribution is -2.04. The summed E-state index contributed by atoms with van der Waals surface area (Å²) in [6, 6.07) is 40.1. The Labute approximate surface area is 238 Å². The average molecular weight is 540 g/mol. The Morgan fingerprint density at radius 3 is 1.85 bits per heavy atom. The van der Waals surface area contributed by atoms with Gasteiger partial charge < -0.3 is 19.1 Å². The summed E-state index contributed by atoms with van der Waals surface area (Å²) in [5.41, 5.74) is 5.86. The zero-order chi connectivity index (χ0) is 28.2. The number of rotatable bonds is 9. The number of carbonyl (C=O) groups excluding carboxylic acids is 1. The Balaban J connectivity index is 1.37. The quantitative estimate of drug-likeness (QED) is 0.190. The maximum atomic E-state index is 14.0. The number of aromatic nitrogens is 1. The van der Waals surface area contributed by atoms with E-state index in [4.69, 9.17) is 9.47 Å². The summed E-state index contributed by atoms with van der Waals surface area (Å²) < 4.78 is 14.1. The Morgan fingerprint density at radius 2 is 1.24 bits per heavy atom. The molecule has 202 valence electrons. The fourth-order valence-corrected chi connectivity index (χ4v) is 5.02. The lowest BCUT2D eigenvalue weighted by molar-refractivity contribution is 0.104. The van der Waals surface area contributed by atoms with Crippen LogP contribution in [0.25, 0.3) is 22.2 Å². The number of hydrogen-bond donors (Lipinski definition) is 1. The van der Waals surface area contributed by atoms with Crippen molar-refractivity contribution in [3.8, 4) is 28.5 Å². The molecule has 0 saturated carbocycles. The summed E-state index contributed by atoms with van der Waals surface area (Å²) in [7, 11) is 1.96. The smallest absolute Gasteiger partial charge is 0.195 e. The predicted octanol–water partition coefficient (Wildman–Crippen LogP) is 7.94. The molecule has 0 unspecified atom stereocenters. The van der Waals surface area contributed by atoms with Crippen LogP contribution in [0.4, 0.5) is 0 Å². The molecule has 0 saturated heterocycles. The van der Waals surface area contributed by atoms with Crippen molar-refractivity contribution >= 4 is 16.7 Å². The molecule has 6 rings (SSSR count). The van der Waals surface area contributed by atoms with E-state index in [9.17, 15) is 9.90 Å². The van der Waals surface area contributed by atoms with Gasteiger partial charge in [-0.2, -0.15) is 0 Å². The Bertz CT molecular complexity index is 1790. The molecule has 1 heterocycles. The molecule has 6 aromatic rings. The van der Waals surface area contributed by atoms with E-state index < -0.39 is 0 Å². The highest BCUT2D eigenvalue weighted by atomic mass is 16.5. The van der Waals surface area contributed by atoms with Gasteiger partial charge >= 0.3 is 0 Å². The number of aryl methyl sites for hydroxylation is 1. The third kappa shape index (κ3) is 5.56. The van der Waals surface area contributed by atoms with Gasteiger partial charge in [-0.3, -0.25) is 4.79 Å². The molecule has 5 aromatic carbocycles. The molecule has 0 aliphatic heterocycles. The second kappa shape index (κ2) is 11.4. The molecular formula is C36H29NO4. The maximum Gasteiger partial charge on any atom is 0.195 e. The van der Waals surface area contributed by atoms with Crippen LogP contribution < -0.4 is 9.47 Å². The van der Waals surface area contributed by atoms with Crippen LogP contribution >= 0.6 is 0 Å². The van der Waals surface area contributed by atoms with Crippen molar-refractivity contribution in [2.24, 2.45) is 7.05 Å². The molecule has 41 heavy (non-hydrogen) atoms. The van der Waals surface area contributed by atoms with Crippen molar-refractivity contribution in [2.45, 2.75) is 13.2 Å². The molecule has 0 atom stereocenters. The molecule has 0 aliphatic rings. The zero-order valence-electron chi connectivity index (χ0n) is 22.7. The molecule has 0 radical (unpaired) electrons. The first-order chi connectivity index (χ1) is 20.1. The molecular weight excluding hydrogens is 510 g/mol. The fraction of sp³-hybridized carbons (Fsp3) is 0.0833. The monoisotopic (exact) mass is 539 g/mol. The van der Waals surface area contributed by atoms with Gasteiger partial charge in [0.2, 0.25) is 0 Å². The zero-order valence-corrected chi connectivity index (χ0v) is 22.7. The van der Waals surface area contributed by atoms with Crippen LogP contribution in [-0.4, -0.2) is 15.5 Å². The van der Waals surface area contributed by atoms with E-state index in [0.29, 0.717) is 24.3 Å². The third-order valence-corrected chi connectivity index (χ3v) is 7.15. The minimum absolute atomic E-state index is 0.117. The summed E-state index contributed by atoms with van der Waals surface area (Å²) in [4.78, 5) is 14.0. The van der Waals surface area contributed by atoms with E-state index in [-0.39, 0.29) is 11.5 Å². The topological polar surface area (TPSA) is 60.7 Å². The number of phenols is 1. The maximum absolute atomic E-state index is 14.0. The van der Waals surface area contributed by atoms with Crippen LogP contribution in [0.3, 0.4) is 0 Å². The van der Waals surface area contributed by atoms with E-state index in [1.807, 2.05) is 115 Å². The lowest BCUT2D eigenvalue weighted by atomic mass is 9.97. The largest absolute Gasteiger partial charge is 0.508 e. The van der Waals surface area contributed by atoms with Gasteiger partial charge in [-0.05, 0) is 77.4 Å². The molecule has 0 amide bonds. The van der Waals surface area contributed by atoms with Crippen molar-refractivity contribution in [3.63, 3.8) is 0 Å². The molecule has 0 aliphatic carbocycles. The van der Waals surface area contributed by atoms with Gasteiger partial charge in [0.05, 0.1) is 16.8 Å². The van der Waals surface area contributed by atoms with Gasteiger partial charge in [0.1, 0.15) is 30.5 Å². The second-order valence-electron chi connectivity index (χ2n) is 9.91. The number of benzene rings is 5. The molecule has 0 fully saturated rings. The third-order valence-electron chi connectivity index (χ3n) is 7.15. The summed E-state index contributed by atoms with van der Waals surface area (Å²) >= 11 is 0. The Morgan fingerprint density at radius 1 is 0.683 bits per heavy atom. The van der Waals surface area contributed by atoms with E-state index in [1.165, 1.54) is 12.1 Å². The van der Waals surface area contributed by atoms with Gasteiger partial charge in [-0.25, -0.2) is 0 Å². The number of ketones is 1. The highest BCUT2D eigenvalue weighted by Crippen LogP contribution is 2.37. The highest BCUT2D eigenvalue weighted by molar-refractivity contribution is 6.20. The molecule has 5 heteroatoms. The molecule has 1 N–H and O–H groups in total. The predicted molar refractivity (Wildman–Crippen MR) is 161 cm³/mol.